The van der Waals surface area contributed by atoms with Gasteiger partial charge in [-0.05, 0) is 71.6 Å². The van der Waals surface area contributed by atoms with Crippen molar-refractivity contribution in [3.05, 3.63) is 52.1 Å². The lowest BCUT2D eigenvalue weighted by atomic mass is 9.63. The summed E-state index contributed by atoms with van der Waals surface area (Å²) in [5, 5.41) is 0. The molecule has 2 fully saturated rings. The van der Waals surface area contributed by atoms with E-state index in [0.29, 0.717) is 5.92 Å². The Morgan fingerprint density at radius 3 is 2.58 bits per heavy atom. The number of amides is 1. The monoisotopic (exact) mass is 348 g/mol. The van der Waals surface area contributed by atoms with Crippen LogP contribution in [0.2, 0.25) is 0 Å². The summed E-state index contributed by atoms with van der Waals surface area (Å²) in [7, 11) is 0. The second-order valence-electron chi connectivity index (χ2n) is 9.54. The molecule has 2 saturated carbocycles. The van der Waals surface area contributed by atoms with Crippen LogP contribution in [0.25, 0.3) is 6.08 Å². The minimum atomic E-state index is -0.773. The van der Waals surface area contributed by atoms with Crippen LogP contribution in [0.5, 0.6) is 0 Å². The van der Waals surface area contributed by atoms with Gasteiger partial charge in [0.2, 0.25) is 0 Å². The summed E-state index contributed by atoms with van der Waals surface area (Å²) in [4.78, 5) is 12.9. The molecule has 1 amide bonds. The summed E-state index contributed by atoms with van der Waals surface area (Å²) in [5.41, 5.74) is 14.9. The van der Waals surface area contributed by atoms with Gasteiger partial charge in [-0.2, -0.15) is 0 Å². The molecular formula is C24H30NO. The average molecular weight is 349 g/mol. The van der Waals surface area contributed by atoms with Crippen LogP contribution in [0.3, 0.4) is 0 Å². The van der Waals surface area contributed by atoms with Crippen LogP contribution < -0.4 is 5.73 Å². The van der Waals surface area contributed by atoms with Crippen molar-refractivity contribution in [3.63, 3.8) is 0 Å². The highest BCUT2D eigenvalue weighted by atomic mass is 16.1. The van der Waals surface area contributed by atoms with E-state index in [1.165, 1.54) is 22.3 Å². The molecule has 0 aliphatic heterocycles. The molecule has 2 heteroatoms. The Morgan fingerprint density at radius 1 is 1.31 bits per heavy atom. The van der Waals surface area contributed by atoms with Crippen LogP contribution in [0.15, 0.2) is 29.9 Å². The van der Waals surface area contributed by atoms with Crippen LogP contribution in [0.4, 0.5) is 0 Å². The SMILES string of the molecule is C=C1C2CCC(C2)C1(C([NH])=O)c1cc(C(C)(C)C)cc2c1CC(CC)=C2. The van der Waals surface area contributed by atoms with Gasteiger partial charge in [0.25, 0.3) is 5.91 Å². The van der Waals surface area contributed by atoms with E-state index in [9.17, 15) is 4.79 Å². The molecule has 3 atom stereocenters. The lowest BCUT2D eigenvalue weighted by Crippen LogP contribution is -2.44. The van der Waals surface area contributed by atoms with E-state index in [0.717, 1.165) is 43.2 Å². The summed E-state index contributed by atoms with van der Waals surface area (Å²) in [6.45, 7) is 13.3. The Bertz CT molecular complexity index is 839. The summed E-state index contributed by atoms with van der Waals surface area (Å²) >= 11 is 0. The summed E-state index contributed by atoms with van der Waals surface area (Å²) < 4.78 is 0. The number of allylic oxidation sites excluding steroid dienone is 1. The third-order valence-electron chi connectivity index (χ3n) is 7.20. The second kappa shape index (κ2) is 5.58. The Hall–Kier alpha value is -1.83. The number of rotatable bonds is 3. The van der Waals surface area contributed by atoms with Crippen molar-refractivity contribution in [1.29, 1.82) is 0 Å². The molecule has 2 nitrogen and oxygen atoms in total. The van der Waals surface area contributed by atoms with Crippen molar-refractivity contribution in [1.82, 2.24) is 5.73 Å². The standard InChI is InChI=1S/C24H30NO/c1-6-15-9-17-12-19(23(3,4)5)13-21(20(17)10-15)24(22(25)26)14(2)16-7-8-18(24)11-16/h9,12-13,16,18,25H,2,6-8,10-11H2,1,3-5H3. The first-order chi connectivity index (χ1) is 12.2. The predicted molar refractivity (Wildman–Crippen MR) is 107 cm³/mol. The van der Waals surface area contributed by atoms with E-state index in [-0.39, 0.29) is 11.3 Å². The van der Waals surface area contributed by atoms with Crippen molar-refractivity contribution in [3.8, 4) is 0 Å². The molecule has 26 heavy (non-hydrogen) atoms. The van der Waals surface area contributed by atoms with Gasteiger partial charge < -0.3 is 0 Å². The maximum Gasteiger partial charge on any atom is 0.253 e. The molecule has 0 spiro atoms. The number of carbonyl (C=O) groups excluding carboxylic acids is 1. The topological polar surface area (TPSA) is 40.9 Å². The number of nitrogens with one attached hydrogen (secondary N) is 1. The predicted octanol–water partition coefficient (Wildman–Crippen LogP) is 5.37. The molecule has 0 heterocycles. The van der Waals surface area contributed by atoms with Gasteiger partial charge in [-0.3, -0.25) is 10.5 Å². The van der Waals surface area contributed by atoms with Crippen molar-refractivity contribution in [2.75, 3.05) is 0 Å². The zero-order valence-corrected chi connectivity index (χ0v) is 16.5. The fourth-order valence-corrected chi connectivity index (χ4v) is 5.65. The van der Waals surface area contributed by atoms with Crippen molar-refractivity contribution in [2.24, 2.45) is 11.8 Å². The molecule has 0 aromatic heterocycles. The normalized spacial score (nSPS) is 29.8. The molecular weight excluding hydrogens is 318 g/mol. The second-order valence-corrected chi connectivity index (χ2v) is 9.54. The summed E-state index contributed by atoms with van der Waals surface area (Å²) in [6.07, 6.45) is 7.49. The largest absolute Gasteiger partial charge is 0.272 e. The fraction of sp³-hybridized carbons (Fsp3) is 0.542. The van der Waals surface area contributed by atoms with Crippen LogP contribution in [-0.4, -0.2) is 5.91 Å². The number of benzene rings is 1. The Labute approximate surface area is 157 Å². The van der Waals surface area contributed by atoms with Gasteiger partial charge >= 0.3 is 0 Å². The molecule has 4 rings (SSSR count). The fourth-order valence-electron chi connectivity index (χ4n) is 5.65. The highest BCUT2D eigenvalue weighted by Crippen LogP contribution is 2.61. The number of fused-ring (bicyclic) bond motifs is 3. The van der Waals surface area contributed by atoms with Gasteiger partial charge in [-0.1, -0.05) is 63.6 Å². The van der Waals surface area contributed by atoms with E-state index in [2.05, 4.69) is 52.5 Å². The number of hydrogen-bond acceptors (Lipinski definition) is 1. The van der Waals surface area contributed by atoms with Crippen molar-refractivity contribution >= 4 is 12.0 Å². The van der Waals surface area contributed by atoms with Crippen molar-refractivity contribution < 1.29 is 4.79 Å². The zero-order chi connectivity index (χ0) is 18.9. The Morgan fingerprint density at radius 2 is 2.04 bits per heavy atom. The van der Waals surface area contributed by atoms with Crippen LogP contribution in [-0.2, 0) is 22.0 Å². The van der Waals surface area contributed by atoms with E-state index in [4.69, 9.17) is 5.73 Å². The first-order valence-electron chi connectivity index (χ1n) is 10.0. The third kappa shape index (κ3) is 2.20. The minimum absolute atomic E-state index is 0.0117. The first kappa shape index (κ1) is 17.6. The van der Waals surface area contributed by atoms with Gasteiger partial charge in [0, 0.05) is 0 Å². The first-order valence-corrected chi connectivity index (χ1v) is 10.0. The summed E-state index contributed by atoms with van der Waals surface area (Å²) in [6, 6.07) is 4.56. The molecule has 1 N–H and O–H groups in total. The van der Waals surface area contributed by atoms with Crippen molar-refractivity contribution in [2.45, 2.75) is 70.6 Å². The minimum Gasteiger partial charge on any atom is -0.272 e. The molecule has 137 valence electrons. The van der Waals surface area contributed by atoms with Crippen LogP contribution in [0.1, 0.15) is 75.6 Å². The molecule has 0 saturated heterocycles. The smallest absolute Gasteiger partial charge is 0.253 e. The number of hydrogen-bond donors (Lipinski definition) is 0. The number of carbonyl (C=O) groups is 1. The van der Waals surface area contributed by atoms with E-state index >= 15 is 0 Å². The molecule has 1 aromatic rings. The summed E-state index contributed by atoms with van der Waals surface area (Å²) in [5.74, 6) is 0.242. The maximum atomic E-state index is 12.9. The molecule has 3 aliphatic carbocycles. The van der Waals surface area contributed by atoms with Gasteiger partial charge in [0.05, 0.1) is 5.41 Å². The average Bonchev–Trinajstić information content (AvgIpc) is 3.26. The van der Waals surface area contributed by atoms with E-state index < -0.39 is 11.3 Å². The van der Waals surface area contributed by atoms with E-state index in [1.807, 2.05) is 0 Å². The Kier molecular flexibility index (Phi) is 3.77. The molecule has 2 bridgehead atoms. The highest BCUT2D eigenvalue weighted by molar-refractivity contribution is 5.93. The third-order valence-corrected chi connectivity index (χ3v) is 7.20. The lowest BCUT2D eigenvalue weighted by molar-refractivity contribution is -0.124. The van der Waals surface area contributed by atoms with Gasteiger partial charge in [-0.15, -0.1) is 0 Å². The quantitative estimate of drug-likeness (QED) is 0.677. The molecule has 3 unspecified atom stereocenters. The van der Waals surface area contributed by atoms with Crippen LogP contribution >= 0.6 is 0 Å². The van der Waals surface area contributed by atoms with Gasteiger partial charge in [0.1, 0.15) is 0 Å². The van der Waals surface area contributed by atoms with E-state index in [1.54, 1.807) is 0 Å². The van der Waals surface area contributed by atoms with Gasteiger partial charge in [-0.25, -0.2) is 0 Å². The Balaban J connectivity index is 1.99. The zero-order valence-electron chi connectivity index (χ0n) is 16.5. The maximum absolute atomic E-state index is 12.9. The molecule has 1 aromatic carbocycles. The highest BCUT2D eigenvalue weighted by Gasteiger charge is 2.59. The van der Waals surface area contributed by atoms with Gasteiger partial charge in [0.15, 0.2) is 0 Å². The molecule has 1 radical (unpaired) electrons. The lowest BCUT2D eigenvalue weighted by Gasteiger charge is -2.39. The van der Waals surface area contributed by atoms with Crippen LogP contribution in [0, 0.1) is 11.8 Å². The molecule has 3 aliphatic rings.